The lowest BCUT2D eigenvalue weighted by atomic mass is 9.48. The Hall–Kier alpha value is -0.300. The second-order valence-corrected chi connectivity index (χ2v) is 9.38. The number of allylic oxidation sites excluding steroid dienone is 2. The van der Waals surface area contributed by atoms with E-state index in [1.807, 2.05) is 7.11 Å². The summed E-state index contributed by atoms with van der Waals surface area (Å²) < 4.78 is 6.15. The van der Waals surface area contributed by atoms with Crippen molar-refractivity contribution in [3.63, 3.8) is 0 Å². The first-order chi connectivity index (χ1) is 10.7. The van der Waals surface area contributed by atoms with E-state index in [2.05, 4.69) is 19.9 Å². The van der Waals surface area contributed by atoms with Crippen LogP contribution in [0.5, 0.6) is 0 Å². The van der Waals surface area contributed by atoms with Gasteiger partial charge in [-0.3, -0.25) is 0 Å². The number of hydrogen-bond acceptors (Lipinski definition) is 1. The number of hydrogen-bond donors (Lipinski definition) is 0. The highest BCUT2D eigenvalue weighted by atomic mass is 16.5. The van der Waals surface area contributed by atoms with E-state index in [0.717, 1.165) is 29.6 Å². The molecule has 0 aromatic rings. The zero-order chi connectivity index (χ0) is 15.1. The van der Waals surface area contributed by atoms with Crippen LogP contribution in [0.15, 0.2) is 11.6 Å². The molecule has 22 heavy (non-hydrogen) atoms. The normalized spacial score (nSPS) is 60.6. The van der Waals surface area contributed by atoms with Crippen molar-refractivity contribution < 1.29 is 4.74 Å². The van der Waals surface area contributed by atoms with Gasteiger partial charge >= 0.3 is 0 Å². The van der Waals surface area contributed by atoms with Crippen molar-refractivity contribution in [2.45, 2.75) is 71.3 Å². The Labute approximate surface area is 135 Å². The Morgan fingerprint density at radius 3 is 2.73 bits per heavy atom. The van der Waals surface area contributed by atoms with Gasteiger partial charge in [-0.2, -0.15) is 0 Å². The molecule has 0 bridgehead atoms. The topological polar surface area (TPSA) is 9.23 Å². The molecule has 0 amide bonds. The first-order valence-corrected chi connectivity index (χ1v) is 9.83. The predicted molar refractivity (Wildman–Crippen MR) is 89.5 cm³/mol. The van der Waals surface area contributed by atoms with Gasteiger partial charge in [-0.1, -0.05) is 18.6 Å². The highest BCUT2D eigenvalue weighted by molar-refractivity contribution is 5.27. The number of fused-ring (bicyclic) bond motifs is 4. The van der Waals surface area contributed by atoms with Crippen LogP contribution in [0.2, 0.25) is 0 Å². The van der Waals surface area contributed by atoms with Crippen molar-refractivity contribution >= 4 is 0 Å². The zero-order valence-electron chi connectivity index (χ0n) is 14.6. The Kier molecular flexibility index (Phi) is 2.82. The minimum Gasteiger partial charge on any atom is -0.381 e. The largest absolute Gasteiger partial charge is 0.381 e. The van der Waals surface area contributed by atoms with E-state index in [-0.39, 0.29) is 0 Å². The summed E-state index contributed by atoms with van der Waals surface area (Å²) in [6.07, 6.45) is 14.7. The Bertz CT molecular complexity index is 522. The van der Waals surface area contributed by atoms with Gasteiger partial charge in [0.05, 0.1) is 6.10 Å². The molecule has 5 fully saturated rings. The summed E-state index contributed by atoms with van der Waals surface area (Å²) in [6, 6.07) is 0. The maximum Gasteiger partial charge on any atom is 0.0638 e. The summed E-state index contributed by atoms with van der Waals surface area (Å²) in [5.74, 6) is 4.88. The van der Waals surface area contributed by atoms with Gasteiger partial charge in [-0.15, -0.1) is 0 Å². The second-order valence-electron chi connectivity index (χ2n) is 9.38. The van der Waals surface area contributed by atoms with Crippen molar-refractivity contribution in [2.24, 2.45) is 40.4 Å². The molecule has 5 rings (SSSR count). The molecule has 1 spiro atoms. The maximum absolute atomic E-state index is 6.15. The molecule has 0 aromatic carbocycles. The number of methoxy groups -OCH3 is 1. The van der Waals surface area contributed by atoms with Crippen LogP contribution in [-0.2, 0) is 4.74 Å². The lowest BCUT2D eigenvalue weighted by Gasteiger charge is -2.58. The molecule has 8 atom stereocenters. The molecular weight excluding hydrogens is 268 g/mol. The molecule has 0 saturated heterocycles. The average Bonchev–Trinajstić information content (AvgIpc) is 2.97. The first kappa shape index (κ1) is 14.1. The van der Waals surface area contributed by atoms with Crippen LogP contribution in [0.4, 0.5) is 0 Å². The van der Waals surface area contributed by atoms with E-state index in [4.69, 9.17) is 4.74 Å². The van der Waals surface area contributed by atoms with Crippen molar-refractivity contribution in [3.8, 4) is 0 Å². The molecule has 1 unspecified atom stereocenters. The fourth-order valence-electron chi connectivity index (χ4n) is 8.44. The Balaban J connectivity index is 1.53. The monoisotopic (exact) mass is 300 g/mol. The summed E-state index contributed by atoms with van der Waals surface area (Å²) in [5.41, 5.74) is 2.99. The van der Waals surface area contributed by atoms with Gasteiger partial charge in [-0.25, -0.2) is 0 Å². The standard InChI is InChI=1S/C21H32O/c1-4-13-5-6-16-15(13)7-8-18-17(16)11-19(22-3)21-12-14(21)9-10-20(18,21)2/h4,14-19H,5-12H2,1-3H3/b13-4-/t14-,15-,16-,17+,18+,19-,20-,21?/m1/s1. The Morgan fingerprint density at radius 1 is 1.14 bits per heavy atom. The molecule has 0 radical (unpaired) electrons. The van der Waals surface area contributed by atoms with Gasteiger partial charge in [0.15, 0.2) is 0 Å². The molecular formula is C21H32O. The van der Waals surface area contributed by atoms with E-state index in [0.29, 0.717) is 16.9 Å². The van der Waals surface area contributed by atoms with Gasteiger partial charge < -0.3 is 4.74 Å². The molecule has 0 heterocycles. The lowest BCUT2D eigenvalue weighted by Crippen LogP contribution is -2.54. The molecule has 0 aromatic heterocycles. The van der Waals surface area contributed by atoms with Crippen LogP contribution >= 0.6 is 0 Å². The molecule has 0 N–H and O–H groups in total. The van der Waals surface area contributed by atoms with Crippen LogP contribution in [0.1, 0.15) is 65.2 Å². The zero-order valence-corrected chi connectivity index (χ0v) is 14.6. The lowest BCUT2D eigenvalue weighted by molar-refractivity contribution is -0.142. The van der Waals surface area contributed by atoms with Crippen molar-refractivity contribution in [1.82, 2.24) is 0 Å². The van der Waals surface area contributed by atoms with Crippen molar-refractivity contribution in [1.29, 1.82) is 0 Å². The first-order valence-electron chi connectivity index (χ1n) is 9.83. The molecule has 122 valence electrons. The van der Waals surface area contributed by atoms with Gasteiger partial charge in [0, 0.05) is 12.5 Å². The molecule has 5 saturated carbocycles. The quantitative estimate of drug-likeness (QED) is 0.604. The van der Waals surface area contributed by atoms with E-state index in [9.17, 15) is 0 Å². The molecule has 0 aliphatic heterocycles. The fraction of sp³-hybridized carbons (Fsp3) is 0.905. The van der Waals surface area contributed by atoms with Crippen LogP contribution in [0.25, 0.3) is 0 Å². The van der Waals surface area contributed by atoms with Crippen LogP contribution in [0, 0.1) is 40.4 Å². The third kappa shape index (κ3) is 1.42. The van der Waals surface area contributed by atoms with Crippen LogP contribution in [-0.4, -0.2) is 13.2 Å². The number of rotatable bonds is 1. The van der Waals surface area contributed by atoms with E-state index >= 15 is 0 Å². The fourth-order valence-corrected chi connectivity index (χ4v) is 8.44. The summed E-state index contributed by atoms with van der Waals surface area (Å²) in [7, 11) is 2.00. The van der Waals surface area contributed by atoms with Crippen molar-refractivity contribution in [3.05, 3.63) is 11.6 Å². The molecule has 1 heteroatoms. The highest BCUT2D eigenvalue weighted by Gasteiger charge is 2.76. The molecule has 5 aliphatic rings. The second kappa shape index (κ2) is 4.41. The smallest absolute Gasteiger partial charge is 0.0638 e. The predicted octanol–water partition coefficient (Wildman–Crippen LogP) is 5.21. The average molecular weight is 300 g/mol. The van der Waals surface area contributed by atoms with Gasteiger partial charge in [0.1, 0.15) is 0 Å². The molecule has 5 aliphatic carbocycles. The third-order valence-electron chi connectivity index (χ3n) is 9.38. The minimum absolute atomic E-state index is 0.569. The van der Waals surface area contributed by atoms with Crippen LogP contribution in [0.3, 0.4) is 0 Å². The Morgan fingerprint density at radius 2 is 2.00 bits per heavy atom. The van der Waals surface area contributed by atoms with Gasteiger partial charge in [0.25, 0.3) is 0 Å². The minimum atomic E-state index is 0.569. The summed E-state index contributed by atoms with van der Waals surface area (Å²) >= 11 is 0. The number of ether oxygens (including phenoxy) is 1. The SMILES string of the molecule is C/C=C1/CC[C@H]2[C@@H]3C[C@@H](OC)C45C[C@H]4CC[C@]5(C)[C@H]3CC[C@H]12. The highest BCUT2D eigenvalue weighted by Crippen LogP contribution is 2.81. The van der Waals surface area contributed by atoms with E-state index < -0.39 is 0 Å². The van der Waals surface area contributed by atoms with Crippen molar-refractivity contribution in [2.75, 3.05) is 7.11 Å². The summed E-state index contributed by atoms with van der Waals surface area (Å²) in [6.45, 7) is 4.94. The maximum atomic E-state index is 6.15. The third-order valence-corrected chi connectivity index (χ3v) is 9.38. The van der Waals surface area contributed by atoms with Crippen LogP contribution < -0.4 is 0 Å². The van der Waals surface area contributed by atoms with Gasteiger partial charge in [0.2, 0.25) is 0 Å². The summed E-state index contributed by atoms with van der Waals surface area (Å²) in [4.78, 5) is 0. The summed E-state index contributed by atoms with van der Waals surface area (Å²) in [5, 5.41) is 0. The van der Waals surface area contributed by atoms with E-state index in [1.165, 1.54) is 51.4 Å². The van der Waals surface area contributed by atoms with E-state index in [1.54, 1.807) is 5.57 Å². The molecule has 1 nitrogen and oxygen atoms in total. The van der Waals surface area contributed by atoms with Gasteiger partial charge in [-0.05, 0) is 93.3 Å².